The highest BCUT2D eigenvalue weighted by Crippen LogP contribution is 2.27. The minimum Gasteiger partial charge on any atom is -0.370 e. The van der Waals surface area contributed by atoms with Crippen molar-refractivity contribution < 1.29 is 9.59 Å². The van der Waals surface area contributed by atoms with Crippen LogP contribution in [0, 0.1) is 0 Å². The first-order chi connectivity index (χ1) is 10.0. The van der Waals surface area contributed by atoms with E-state index >= 15 is 0 Å². The van der Waals surface area contributed by atoms with Crippen LogP contribution in [0.3, 0.4) is 0 Å². The molecule has 7 heteroatoms. The van der Waals surface area contributed by atoms with Crippen molar-refractivity contribution in [1.29, 1.82) is 0 Å². The van der Waals surface area contributed by atoms with Crippen molar-refractivity contribution in [3.8, 4) is 0 Å². The van der Waals surface area contributed by atoms with E-state index in [1.165, 1.54) is 11.9 Å². The molecule has 2 heterocycles. The van der Waals surface area contributed by atoms with Crippen molar-refractivity contribution >= 4 is 17.9 Å². The number of hydrogen-bond donors (Lipinski definition) is 1. The predicted molar refractivity (Wildman–Crippen MR) is 77.1 cm³/mol. The van der Waals surface area contributed by atoms with Gasteiger partial charge in [-0.25, -0.2) is 9.79 Å². The Labute approximate surface area is 122 Å². The molecule has 0 radical (unpaired) electrons. The lowest BCUT2D eigenvalue weighted by Crippen LogP contribution is -2.64. The first kappa shape index (κ1) is 13.4. The topological polar surface area (TPSA) is 82.2 Å². The molecule has 0 aromatic heterocycles. The number of carbonyl (C=O) groups is 2. The summed E-state index contributed by atoms with van der Waals surface area (Å²) in [6, 6.07) is 8.80. The average molecular weight is 287 g/mol. The van der Waals surface area contributed by atoms with Gasteiger partial charge in [0.05, 0.1) is 0 Å². The second-order valence-electron chi connectivity index (χ2n) is 5.25. The summed E-state index contributed by atoms with van der Waals surface area (Å²) in [4.78, 5) is 33.0. The first-order valence-electron chi connectivity index (χ1n) is 6.69. The number of amides is 3. The fourth-order valence-corrected chi connectivity index (χ4v) is 2.74. The van der Waals surface area contributed by atoms with Crippen LogP contribution < -0.4 is 5.73 Å². The van der Waals surface area contributed by atoms with Gasteiger partial charge < -0.3 is 15.5 Å². The van der Waals surface area contributed by atoms with Gasteiger partial charge in [-0.15, -0.1) is 0 Å². The number of guanidine groups is 1. The lowest BCUT2D eigenvalue weighted by molar-refractivity contribution is -0.136. The van der Waals surface area contributed by atoms with Crippen LogP contribution in [0.5, 0.6) is 0 Å². The molecule has 0 saturated carbocycles. The molecule has 7 nitrogen and oxygen atoms in total. The van der Waals surface area contributed by atoms with E-state index in [1.54, 1.807) is 11.9 Å². The van der Waals surface area contributed by atoms with Gasteiger partial charge in [0, 0.05) is 20.6 Å². The van der Waals surface area contributed by atoms with Gasteiger partial charge in [0.25, 0.3) is 5.91 Å². The minimum absolute atomic E-state index is 0.275. The number of aliphatic imine (C=N–C) groups is 1. The highest BCUT2D eigenvalue weighted by atomic mass is 16.2. The zero-order chi connectivity index (χ0) is 15.1. The van der Waals surface area contributed by atoms with Crippen molar-refractivity contribution in [2.24, 2.45) is 10.7 Å². The Balaban J connectivity index is 1.91. The summed E-state index contributed by atoms with van der Waals surface area (Å²) in [5.74, 6) is 0.0142. The molecular formula is C14H17N5O2. The monoisotopic (exact) mass is 287 g/mol. The quantitative estimate of drug-likeness (QED) is 0.832. The molecule has 3 amide bonds. The molecule has 1 aromatic rings. The van der Waals surface area contributed by atoms with Crippen LogP contribution in [0.25, 0.3) is 0 Å². The summed E-state index contributed by atoms with van der Waals surface area (Å²) in [5.41, 5.74) is 7.00. The third-order valence-corrected chi connectivity index (χ3v) is 3.94. The third kappa shape index (κ3) is 2.01. The van der Waals surface area contributed by atoms with Crippen LogP contribution in [-0.2, 0) is 11.3 Å². The summed E-state index contributed by atoms with van der Waals surface area (Å²) < 4.78 is 0. The number of nitrogens with zero attached hydrogens (tertiary/aromatic N) is 4. The van der Waals surface area contributed by atoms with Crippen LogP contribution >= 0.6 is 0 Å². The largest absolute Gasteiger partial charge is 0.370 e. The maximum atomic E-state index is 12.4. The Morgan fingerprint density at radius 3 is 2.52 bits per heavy atom. The highest BCUT2D eigenvalue weighted by Gasteiger charge is 2.50. The van der Waals surface area contributed by atoms with E-state index < -0.39 is 12.2 Å². The molecule has 110 valence electrons. The first-order valence-corrected chi connectivity index (χ1v) is 6.69. The van der Waals surface area contributed by atoms with Crippen molar-refractivity contribution in [1.82, 2.24) is 14.7 Å². The van der Waals surface area contributed by atoms with Gasteiger partial charge in [-0.05, 0) is 5.56 Å². The third-order valence-electron chi connectivity index (χ3n) is 3.94. The Bertz CT molecular complexity index is 615. The number of imide groups is 1. The highest BCUT2D eigenvalue weighted by molar-refractivity contribution is 6.03. The molecule has 21 heavy (non-hydrogen) atoms. The number of rotatable bonds is 2. The van der Waals surface area contributed by atoms with E-state index in [9.17, 15) is 9.59 Å². The molecule has 2 atom stereocenters. The molecule has 3 rings (SSSR count). The summed E-state index contributed by atoms with van der Waals surface area (Å²) in [6.07, 6.45) is -0.551. The summed E-state index contributed by atoms with van der Waals surface area (Å²) in [7, 11) is 3.11. The van der Waals surface area contributed by atoms with Crippen LogP contribution in [0.15, 0.2) is 35.3 Å². The smallest absolute Gasteiger partial charge is 0.328 e. The second-order valence-corrected chi connectivity index (χ2v) is 5.25. The van der Waals surface area contributed by atoms with Crippen molar-refractivity contribution in [2.45, 2.75) is 18.8 Å². The molecular weight excluding hydrogens is 270 g/mol. The molecule has 0 bridgehead atoms. The summed E-state index contributed by atoms with van der Waals surface area (Å²) >= 11 is 0. The number of likely N-dealkylation sites (N-methyl/N-ethyl adjacent to an activating group) is 2. The summed E-state index contributed by atoms with van der Waals surface area (Å²) in [6.45, 7) is 0.485. The lowest BCUT2D eigenvalue weighted by atomic mass is 10.1. The zero-order valence-corrected chi connectivity index (χ0v) is 11.9. The van der Waals surface area contributed by atoms with Crippen molar-refractivity contribution in [3.63, 3.8) is 0 Å². The molecule has 2 N–H and O–H groups in total. The Hall–Kier alpha value is -2.57. The molecule has 0 spiro atoms. The van der Waals surface area contributed by atoms with E-state index in [0.717, 1.165) is 10.5 Å². The summed E-state index contributed by atoms with van der Waals surface area (Å²) in [5, 5.41) is 0. The number of hydrogen-bond acceptors (Lipinski definition) is 5. The number of nitrogens with two attached hydrogens (primary N) is 1. The molecule has 2 aliphatic heterocycles. The van der Waals surface area contributed by atoms with E-state index in [4.69, 9.17) is 5.73 Å². The second kappa shape index (κ2) is 4.76. The number of urea groups is 1. The lowest BCUT2D eigenvalue weighted by Gasteiger charge is -2.39. The minimum atomic E-state index is -0.557. The predicted octanol–water partition coefficient (Wildman–Crippen LogP) is 0.0354. The maximum Gasteiger partial charge on any atom is 0.328 e. The molecule has 2 unspecified atom stereocenters. The number of fused-ring (bicyclic) bond motifs is 1. The molecule has 1 saturated heterocycles. The van der Waals surface area contributed by atoms with Crippen molar-refractivity contribution in [3.05, 3.63) is 35.9 Å². The van der Waals surface area contributed by atoms with E-state index in [-0.39, 0.29) is 17.9 Å². The van der Waals surface area contributed by atoms with Gasteiger partial charge in [0.1, 0.15) is 0 Å². The normalized spacial score (nSPS) is 25.2. The van der Waals surface area contributed by atoms with E-state index in [0.29, 0.717) is 6.54 Å². The molecule has 2 aliphatic rings. The van der Waals surface area contributed by atoms with Gasteiger partial charge in [-0.1, -0.05) is 30.3 Å². The molecule has 1 fully saturated rings. The maximum absolute atomic E-state index is 12.4. The Kier molecular flexibility index (Phi) is 3.04. The fourth-order valence-electron chi connectivity index (χ4n) is 2.74. The van der Waals surface area contributed by atoms with Gasteiger partial charge in [0.15, 0.2) is 18.2 Å². The van der Waals surface area contributed by atoms with Crippen LogP contribution in [0.2, 0.25) is 0 Å². The fraction of sp³-hybridized carbons (Fsp3) is 0.357. The van der Waals surface area contributed by atoms with Crippen LogP contribution in [-0.4, -0.2) is 58.9 Å². The SMILES string of the molecule is CN1C(=O)C2C(N=C(N)N2Cc2ccccc2)N(C)C1=O. The van der Waals surface area contributed by atoms with Crippen molar-refractivity contribution in [2.75, 3.05) is 14.1 Å². The standard InChI is InChI=1S/C14H17N5O2/c1-17-11-10(12(20)18(2)14(17)21)19(13(15)16-11)8-9-6-4-3-5-7-9/h3-7,10-11H,8H2,1-2H3,(H2,15,16). The van der Waals surface area contributed by atoms with Crippen LogP contribution in [0.4, 0.5) is 4.79 Å². The van der Waals surface area contributed by atoms with Crippen LogP contribution in [0.1, 0.15) is 5.56 Å². The Morgan fingerprint density at radius 2 is 1.86 bits per heavy atom. The Morgan fingerprint density at radius 1 is 1.19 bits per heavy atom. The van der Waals surface area contributed by atoms with E-state index in [1.807, 2.05) is 30.3 Å². The van der Waals surface area contributed by atoms with Gasteiger partial charge in [-0.3, -0.25) is 9.69 Å². The molecule has 0 aliphatic carbocycles. The van der Waals surface area contributed by atoms with E-state index in [2.05, 4.69) is 4.99 Å². The van der Waals surface area contributed by atoms with Gasteiger partial charge in [-0.2, -0.15) is 0 Å². The number of benzene rings is 1. The molecule has 1 aromatic carbocycles. The zero-order valence-electron chi connectivity index (χ0n) is 11.9. The van der Waals surface area contributed by atoms with Gasteiger partial charge in [0.2, 0.25) is 0 Å². The average Bonchev–Trinajstić information content (AvgIpc) is 2.81. The van der Waals surface area contributed by atoms with Gasteiger partial charge >= 0.3 is 6.03 Å². The number of carbonyl (C=O) groups excluding carboxylic acids is 2.